The maximum Gasteiger partial charge on any atom is 0.410 e. The highest BCUT2D eigenvalue weighted by atomic mass is 35.7. The summed E-state index contributed by atoms with van der Waals surface area (Å²) in [5.41, 5.74) is -0.472. The molecule has 0 aromatic rings. The number of nitrogens with zero attached hydrogens (tertiary/aromatic N) is 1. The number of rotatable bonds is 3. The highest BCUT2D eigenvalue weighted by molar-refractivity contribution is 8.13. The Morgan fingerprint density at radius 3 is 1.85 bits per heavy atom. The molecule has 0 aromatic carbocycles. The van der Waals surface area contributed by atoms with Gasteiger partial charge in [0, 0.05) is 23.8 Å². The van der Waals surface area contributed by atoms with Gasteiger partial charge in [0.15, 0.2) is 0 Å². The van der Waals surface area contributed by atoms with Gasteiger partial charge in [0.05, 0.1) is 19.1 Å². The van der Waals surface area contributed by atoms with E-state index in [-0.39, 0.29) is 18.6 Å². The van der Waals surface area contributed by atoms with Crippen molar-refractivity contribution in [2.24, 2.45) is 17.8 Å². The van der Waals surface area contributed by atoms with Gasteiger partial charge in [0.1, 0.15) is 5.60 Å². The van der Waals surface area contributed by atoms with E-state index >= 15 is 0 Å². The van der Waals surface area contributed by atoms with Gasteiger partial charge in [-0.05, 0) is 51.4 Å². The van der Waals surface area contributed by atoms with Crippen LogP contribution in [0.1, 0.15) is 33.6 Å². The molecule has 0 spiro atoms. The Morgan fingerprint density at radius 1 is 1.08 bits per heavy atom. The van der Waals surface area contributed by atoms with Gasteiger partial charge in [-0.25, -0.2) is 13.2 Å². The lowest BCUT2D eigenvalue weighted by atomic mass is 10.0. The average molecular weight is 434 g/mol. The highest BCUT2D eigenvalue weighted by Crippen LogP contribution is 2.42. The number of ether oxygens (including phenoxy) is 1. The van der Waals surface area contributed by atoms with Crippen molar-refractivity contribution >= 4 is 35.9 Å². The largest absolute Gasteiger partial charge is 0.444 e. The first-order valence-electron chi connectivity index (χ1n) is 8.25. The Hall–Kier alpha value is -0.580. The van der Waals surface area contributed by atoms with Gasteiger partial charge < -0.3 is 9.64 Å². The molecule has 0 radical (unpaired) electrons. The molecule has 0 aromatic heterocycles. The number of hydrogen-bond donors (Lipinski definition) is 0. The first-order chi connectivity index (χ1) is 11.5. The third-order valence-corrected chi connectivity index (χ3v) is 4.58. The number of hydrogen-bond acceptors (Lipinski definition) is 7. The van der Waals surface area contributed by atoms with Crippen LogP contribution in [0.4, 0.5) is 4.79 Å². The van der Waals surface area contributed by atoms with E-state index in [4.69, 9.17) is 8.92 Å². The number of amides is 1. The van der Waals surface area contributed by atoms with Crippen LogP contribution in [0.25, 0.3) is 0 Å². The van der Waals surface area contributed by atoms with Crippen LogP contribution in [0.2, 0.25) is 0 Å². The molecule has 26 heavy (non-hydrogen) atoms. The minimum Gasteiger partial charge on any atom is -0.444 e. The summed E-state index contributed by atoms with van der Waals surface area (Å²) in [4.78, 5) is 13.8. The number of likely N-dealkylation sites (tertiary alicyclic amines) is 1. The van der Waals surface area contributed by atoms with Crippen LogP contribution in [0.5, 0.6) is 0 Å². The Bertz CT molecular complexity index is 678. The molecule has 1 saturated carbocycles. The fraction of sp³-hybridized carbons (Fsp3) is 0.933. The average Bonchev–Trinajstić information content (AvgIpc) is 2.88. The van der Waals surface area contributed by atoms with Crippen LogP contribution in [0.15, 0.2) is 0 Å². The molecular formula is C15H28ClNO7S2. The summed E-state index contributed by atoms with van der Waals surface area (Å²) >= 11 is 0. The zero-order valence-electron chi connectivity index (χ0n) is 15.8. The summed E-state index contributed by atoms with van der Waals surface area (Å²) in [6.45, 7) is 7.25. The van der Waals surface area contributed by atoms with Crippen molar-refractivity contribution in [2.75, 3.05) is 32.2 Å². The number of carbonyl (C=O) groups excluding carboxylic acids is 1. The Balaban J connectivity index is 0.000000597. The second-order valence-corrected chi connectivity index (χ2v) is 12.6. The van der Waals surface area contributed by atoms with E-state index in [1.165, 1.54) is 0 Å². The van der Waals surface area contributed by atoms with Crippen LogP contribution in [-0.2, 0) is 28.1 Å². The van der Waals surface area contributed by atoms with E-state index in [9.17, 15) is 21.6 Å². The highest BCUT2D eigenvalue weighted by Gasteiger charge is 2.43. The maximum absolute atomic E-state index is 12.0. The van der Waals surface area contributed by atoms with Crippen LogP contribution in [0.3, 0.4) is 0 Å². The summed E-state index contributed by atoms with van der Waals surface area (Å²) in [5.74, 6) is 1.15. The lowest BCUT2D eigenvalue weighted by Crippen LogP contribution is -2.36. The molecule has 1 saturated heterocycles. The molecular weight excluding hydrogens is 406 g/mol. The van der Waals surface area contributed by atoms with E-state index in [0.29, 0.717) is 24.9 Å². The molecule has 154 valence electrons. The van der Waals surface area contributed by atoms with Crippen molar-refractivity contribution < 1.29 is 30.6 Å². The second kappa shape index (κ2) is 8.62. The van der Waals surface area contributed by atoms with Crippen LogP contribution >= 0.6 is 10.7 Å². The molecule has 8 nitrogen and oxygen atoms in total. The molecule has 0 bridgehead atoms. The third kappa shape index (κ3) is 9.94. The van der Waals surface area contributed by atoms with Gasteiger partial charge in [0.2, 0.25) is 9.05 Å². The lowest BCUT2D eigenvalue weighted by molar-refractivity contribution is 0.0276. The van der Waals surface area contributed by atoms with Gasteiger partial charge in [-0.3, -0.25) is 4.18 Å². The summed E-state index contributed by atoms with van der Waals surface area (Å²) in [5, 5.41) is 0. The van der Waals surface area contributed by atoms with Crippen LogP contribution in [-0.4, -0.2) is 65.6 Å². The maximum atomic E-state index is 12.0. The predicted octanol–water partition coefficient (Wildman–Crippen LogP) is 2.04. The van der Waals surface area contributed by atoms with Crippen molar-refractivity contribution in [3.8, 4) is 0 Å². The molecule has 0 N–H and O–H groups in total. The minimum absolute atomic E-state index is 0.249. The van der Waals surface area contributed by atoms with Crippen molar-refractivity contribution in [1.82, 2.24) is 4.90 Å². The standard InChI is InChI=1S/C14H25NO5S.CH3ClO2S/c1-14(2,3)20-13(16)15-7-11-5-10(6-12(11)8-15)9-19-21(4,17)18;1-5(2,3)4/h10-12H,5-9H2,1-4H3;1H3/t10?,11-,12+;. The van der Waals surface area contributed by atoms with Gasteiger partial charge in [-0.2, -0.15) is 8.42 Å². The van der Waals surface area contributed by atoms with Crippen molar-refractivity contribution in [3.05, 3.63) is 0 Å². The summed E-state index contributed by atoms with van der Waals surface area (Å²) in [6.07, 6.45) is 3.58. The van der Waals surface area contributed by atoms with E-state index < -0.39 is 24.8 Å². The van der Waals surface area contributed by atoms with Crippen molar-refractivity contribution in [2.45, 2.75) is 39.2 Å². The quantitative estimate of drug-likeness (QED) is 0.495. The molecule has 3 atom stereocenters. The zero-order valence-corrected chi connectivity index (χ0v) is 18.2. The van der Waals surface area contributed by atoms with Gasteiger partial charge in [-0.1, -0.05) is 0 Å². The molecule has 11 heteroatoms. The van der Waals surface area contributed by atoms with Crippen molar-refractivity contribution in [1.29, 1.82) is 0 Å². The normalized spacial score (nSPS) is 26.1. The fourth-order valence-corrected chi connectivity index (χ4v) is 3.70. The summed E-state index contributed by atoms with van der Waals surface area (Å²) < 4.78 is 51.1. The van der Waals surface area contributed by atoms with Gasteiger partial charge >= 0.3 is 6.09 Å². The predicted molar refractivity (Wildman–Crippen MR) is 99.0 cm³/mol. The Kier molecular flexibility index (Phi) is 7.78. The van der Waals surface area contributed by atoms with E-state index in [2.05, 4.69) is 10.7 Å². The molecule has 2 rings (SSSR count). The number of carbonyl (C=O) groups is 1. The summed E-state index contributed by atoms with van der Waals surface area (Å²) in [7, 11) is -2.06. The topological polar surface area (TPSA) is 107 Å². The molecule has 1 heterocycles. The monoisotopic (exact) mass is 433 g/mol. The van der Waals surface area contributed by atoms with E-state index in [1.807, 2.05) is 20.8 Å². The van der Waals surface area contributed by atoms with E-state index in [0.717, 1.165) is 25.4 Å². The van der Waals surface area contributed by atoms with Gasteiger partial charge in [0.25, 0.3) is 10.1 Å². The summed E-state index contributed by atoms with van der Waals surface area (Å²) in [6, 6.07) is 0. The zero-order chi connectivity index (χ0) is 20.3. The smallest absolute Gasteiger partial charge is 0.410 e. The van der Waals surface area contributed by atoms with E-state index in [1.54, 1.807) is 4.90 Å². The SMILES string of the molecule is CC(C)(C)OC(=O)N1C[C@H]2CC(COS(C)(=O)=O)C[C@H]2C1.CS(=O)(=O)Cl. The lowest BCUT2D eigenvalue weighted by Gasteiger charge is -2.25. The molecule has 1 unspecified atom stereocenters. The minimum atomic E-state index is -3.36. The number of halogens is 1. The van der Waals surface area contributed by atoms with Crippen molar-refractivity contribution in [3.63, 3.8) is 0 Å². The van der Waals surface area contributed by atoms with Gasteiger partial charge in [-0.15, -0.1) is 0 Å². The van der Waals surface area contributed by atoms with Crippen LogP contribution < -0.4 is 0 Å². The molecule has 1 aliphatic carbocycles. The second-order valence-electron chi connectivity index (χ2n) is 7.91. The Morgan fingerprint density at radius 2 is 1.50 bits per heavy atom. The molecule has 1 aliphatic heterocycles. The molecule has 1 amide bonds. The fourth-order valence-electron chi connectivity index (χ4n) is 3.26. The first-order valence-corrected chi connectivity index (χ1v) is 12.8. The molecule has 2 aliphatic rings. The first kappa shape index (κ1) is 23.5. The Labute approximate surface area is 160 Å². The van der Waals surface area contributed by atoms with Crippen LogP contribution in [0, 0.1) is 17.8 Å². The molecule has 2 fully saturated rings. The third-order valence-electron chi connectivity index (χ3n) is 4.02. The number of fused-ring (bicyclic) bond motifs is 1.